The number of carbonyl (C=O) groups is 1. The van der Waals surface area contributed by atoms with E-state index in [1.54, 1.807) is 0 Å². The first-order valence-corrected chi connectivity index (χ1v) is 9.22. The van der Waals surface area contributed by atoms with Gasteiger partial charge in [-0.2, -0.15) is 0 Å². The molecule has 5 heteroatoms. The summed E-state index contributed by atoms with van der Waals surface area (Å²) in [5.74, 6) is -0.0217. The average molecular weight is 351 g/mol. The van der Waals surface area contributed by atoms with Crippen LogP contribution in [0.1, 0.15) is 24.7 Å². The van der Waals surface area contributed by atoms with Crippen LogP contribution in [0.15, 0.2) is 53.7 Å². The molecule has 1 aromatic heterocycles. The highest BCUT2D eigenvalue weighted by Gasteiger charge is 2.20. The van der Waals surface area contributed by atoms with Gasteiger partial charge in [-0.25, -0.2) is 9.97 Å². The third-order valence-electron chi connectivity index (χ3n) is 3.92. The van der Waals surface area contributed by atoms with Gasteiger partial charge in [-0.1, -0.05) is 55.1 Å². The molecule has 1 atom stereocenters. The highest BCUT2D eigenvalue weighted by atomic mass is 32.2. The van der Waals surface area contributed by atoms with E-state index in [-0.39, 0.29) is 11.2 Å². The molecule has 0 aliphatic rings. The Morgan fingerprint density at radius 2 is 1.76 bits per heavy atom. The van der Waals surface area contributed by atoms with E-state index in [1.165, 1.54) is 11.8 Å². The van der Waals surface area contributed by atoms with Gasteiger partial charge in [-0.15, -0.1) is 0 Å². The summed E-state index contributed by atoms with van der Waals surface area (Å²) in [6, 6.07) is 15.9. The van der Waals surface area contributed by atoms with Crippen molar-refractivity contribution in [2.24, 2.45) is 0 Å². The van der Waals surface area contributed by atoms with Gasteiger partial charge < -0.3 is 5.32 Å². The number of benzene rings is 2. The maximum atomic E-state index is 12.8. The topological polar surface area (TPSA) is 54.9 Å². The molecule has 0 spiro atoms. The van der Waals surface area contributed by atoms with Gasteiger partial charge >= 0.3 is 0 Å². The molecule has 0 aliphatic heterocycles. The van der Waals surface area contributed by atoms with Crippen molar-refractivity contribution in [2.75, 3.05) is 5.32 Å². The lowest BCUT2D eigenvalue weighted by Gasteiger charge is -2.15. The molecule has 25 heavy (non-hydrogen) atoms. The van der Waals surface area contributed by atoms with Crippen molar-refractivity contribution in [1.29, 1.82) is 0 Å². The number of nitrogens with zero attached hydrogens (tertiary/aromatic N) is 2. The number of rotatable bonds is 5. The largest absolute Gasteiger partial charge is 0.325 e. The molecule has 0 saturated carbocycles. The van der Waals surface area contributed by atoms with Crippen LogP contribution in [-0.4, -0.2) is 21.1 Å². The fraction of sp³-hybridized carbons (Fsp3) is 0.250. The normalized spacial score (nSPS) is 12.1. The van der Waals surface area contributed by atoms with E-state index in [2.05, 4.69) is 15.3 Å². The third-order valence-corrected chi connectivity index (χ3v) is 5.15. The molecule has 0 aliphatic carbocycles. The lowest BCUT2D eigenvalue weighted by Crippen LogP contribution is -2.25. The Kier molecular flexibility index (Phi) is 5.34. The summed E-state index contributed by atoms with van der Waals surface area (Å²) in [6.07, 6.45) is 0.706. The zero-order valence-electron chi connectivity index (χ0n) is 14.6. The lowest BCUT2D eigenvalue weighted by molar-refractivity contribution is -0.115. The van der Waals surface area contributed by atoms with E-state index in [0.717, 1.165) is 27.8 Å². The Morgan fingerprint density at radius 1 is 1.08 bits per heavy atom. The highest BCUT2D eigenvalue weighted by molar-refractivity contribution is 8.00. The number of carbonyl (C=O) groups excluding carboxylic acids is 1. The number of thioether (sulfide) groups is 1. The number of nitrogens with one attached hydrogen (secondary N) is 1. The van der Waals surface area contributed by atoms with Crippen molar-refractivity contribution < 1.29 is 4.79 Å². The first-order chi connectivity index (χ1) is 12.1. The second-order valence-electron chi connectivity index (χ2n) is 5.96. The molecule has 0 unspecified atom stereocenters. The second-order valence-corrected chi connectivity index (χ2v) is 7.13. The summed E-state index contributed by atoms with van der Waals surface area (Å²) < 4.78 is 0. The van der Waals surface area contributed by atoms with Crippen molar-refractivity contribution >= 4 is 34.1 Å². The van der Waals surface area contributed by atoms with Crippen molar-refractivity contribution in [2.45, 2.75) is 37.6 Å². The monoisotopic (exact) mass is 351 g/mol. The van der Waals surface area contributed by atoms with Gasteiger partial charge in [0, 0.05) is 22.5 Å². The second kappa shape index (κ2) is 7.66. The zero-order valence-corrected chi connectivity index (χ0v) is 15.4. The maximum Gasteiger partial charge on any atom is 0.237 e. The number of anilines is 1. The molecule has 3 rings (SSSR count). The Labute approximate surface area is 152 Å². The molecule has 0 fully saturated rings. The molecule has 1 heterocycles. The predicted molar refractivity (Wildman–Crippen MR) is 104 cm³/mol. The van der Waals surface area contributed by atoms with Crippen LogP contribution in [-0.2, 0) is 4.79 Å². The fourth-order valence-corrected chi connectivity index (χ4v) is 3.72. The SMILES string of the molecule is CC[C@@H](Sc1nc(C)cc(C)n1)C(=O)Nc1cccc2ccccc12. The molecule has 3 aromatic rings. The van der Waals surface area contributed by atoms with Gasteiger partial charge in [0.2, 0.25) is 5.91 Å². The summed E-state index contributed by atoms with van der Waals surface area (Å²) >= 11 is 1.42. The van der Waals surface area contributed by atoms with Crippen molar-refractivity contribution in [3.05, 3.63) is 59.9 Å². The van der Waals surface area contributed by atoms with Crippen LogP contribution >= 0.6 is 11.8 Å². The van der Waals surface area contributed by atoms with Gasteiger partial charge in [0.15, 0.2) is 5.16 Å². The molecule has 2 aromatic carbocycles. The van der Waals surface area contributed by atoms with Gasteiger partial charge in [0.1, 0.15) is 0 Å². The molecule has 4 nitrogen and oxygen atoms in total. The smallest absolute Gasteiger partial charge is 0.237 e. The third kappa shape index (κ3) is 4.17. The number of hydrogen-bond donors (Lipinski definition) is 1. The van der Waals surface area contributed by atoms with E-state index < -0.39 is 0 Å². The van der Waals surface area contributed by atoms with Crippen molar-refractivity contribution in [3.63, 3.8) is 0 Å². The molecular weight excluding hydrogens is 330 g/mol. The summed E-state index contributed by atoms with van der Waals surface area (Å²) in [5.41, 5.74) is 2.67. The fourth-order valence-electron chi connectivity index (χ4n) is 2.74. The molecule has 128 valence electrons. The summed E-state index contributed by atoms with van der Waals surface area (Å²) in [4.78, 5) is 21.6. The number of aromatic nitrogens is 2. The Hall–Kier alpha value is -2.40. The Bertz CT molecular complexity index is 885. The molecule has 1 amide bonds. The summed E-state index contributed by atoms with van der Waals surface area (Å²) in [5, 5.41) is 5.64. The van der Waals surface area contributed by atoms with E-state index in [0.29, 0.717) is 11.6 Å². The van der Waals surface area contributed by atoms with Crippen LogP contribution in [0.2, 0.25) is 0 Å². The number of hydrogen-bond acceptors (Lipinski definition) is 4. The molecule has 0 saturated heterocycles. The minimum Gasteiger partial charge on any atom is -0.325 e. The van der Waals surface area contributed by atoms with Crippen LogP contribution in [0.5, 0.6) is 0 Å². The van der Waals surface area contributed by atoms with Crippen LogP contribution < -0.4 is 5.32 Å². The molecular formula is C20H21N3OS. The van der Waals surface area contributed by atoms with Gasteiger partial charge in [0.05, 0.1) is 5.25 Å². The van der Waals surface area contributed by atoms with E-state index in [9.17, 15) is 4.79 Å². The first kappa shape index (κ1) is 17.4. The maximum absolute atomic E-state index is 12.8. The van der Waals surface area contributed by atoms with Crippen LogP contribution in [0.25, 0.3) is 10.8 Å². The average Bonchev–Trinajstić information content (AvgIpc) is 2.59. The molecule has 1 N–H and O–H groups in total. The molecule has 0 radical (unpaired) electrons. The van der Waals surface area contributed by atoms with Gasteiger partial charge in [-0.3, -0.25) is 4.79 Å². The van der Waals surface area contributed by atoms with Crippen LogP contribution in [0, 0.1) is 13.8 Å². The lowest BCUT2D eigenvalue weighted by atomic mass is 10.1. The standard InChI is InChI=1S/C20H21N3OS/c1-4-18(25-20-21-13(2)12-14(3)22-20)19(24)23-17-11-7-9-15-8-5-6-10-16(15)17/h5-12,18H,4H2,1-3H3,(H,23,24)/t18-/m1/s1. The van der Waals surface area contributed by atoms with Crippen molar-refractivity contribution in [1.82, 2.24) is 9.97 Å². The zero-order chi connectivity index (χ0) is 17.8. The van der Waals surface area contributed by atoms with Gasteiger partial charge in [0.25, 0.3) is 0 Å². The number of fused-ring (bicyclic) bond motifs is 1. The summed E-state index contributed by atoms with van der Waals surface area (Å²) in [7, 11) is 0. The van der Waals surface area contributed by atoms with Gasteiger partial charge in [-0.05, 0) is 37.8 Å². The van der Waals surface area contributed by atoms with E-state index in [4.69, 9.17) is 0 Å². The van der Waals surface area contributed by atoms with E-state index >= 15 is 0 Å². The van der Waals surface area contributed by atoms with Crippen LogP contribution in [0.3, 0.4) is 0 Å². The molecule has 0 bridgehead atoms. The summed E-state index contributed by atoms with van der Waals surface area (Å²) in [6.45, 7) is 5.88. The minimum absolute atomic E-state index is 0.0217. The quantitative estimate of drug-likeness (QED) is 0.532. The first-order valence-electron chi connectivity index (χ1n) is 8.34. The highest BCUT2D eigenvalue weighted by Crippen LogP contribution is 2.27. The van der Waals surface area contributed by atoms with Crippen molar-refractivity contribution in [3.8, 4) is 0 Å². The number of aryl methyl sites for hydroxylation is 2. The van der Waals surface area contributed by atoms with Crippen LogP contribution in [0.4, 0.5) is 5.69 Å². The Balaban J connectivity index is 1.80. The minimum atomic E-state index is -0.236. The predicted octanol–water partition coefficient (Wildman–Crippen LogP) is 4.76. The number of amides is 1. The Morgan fingerprint density at radius 3 is 2.48 bits per heavy atom. The van der Waals surface area contributed by atoms with E-state index in [1.807, 2.05) is 69.3 Å².